The van der Waals surface area contributed by atoms with Crippen molar-refractivity contribution >= 4 is 42.6 Å². The highest BCUT2D eigenvalue weighted by molar-refractivity contribution is 6.81. The summed E-state index contributed by atoms with van der Waals surface area (Å²) in [5.41, 5.74) is 0. The third-order valence-corrected chi connectivity index (χ3v) is 0. The van der Waals surface area contributed by atoms with Gasteiger partial charge in [0.2, 0.25) is 0 Å². The Morgan fingerprint density at radius 1 is 1.20 bits per heavy atom. The normalized spacial score (nSPS) is 11.8. The van der Waals surface area contributed by atoms with Crippen LogP contribution in [0.15, 0.2) is 0 Å². The van der Waals surface area contributed by atoms with Crippen LogP contribution in [0.5, 0.6) is 0 Å². The molecule has 0 rings (SSSR count). The van der Waals surface area contributed by atoms with Crippen molar-refractivity contribution in [1.82, 2.24) is 0 Å². The molecule has 0 saturated carbocycles. The predicted octanol–water partition coefficient (Wildman–Crippen LogP) is 0.947. The highest BCUT2D eigenvalue weighted by Crippen LogP contribution is 2.19. The second kappa shape index (κ2) is 1.59. The molecule has 0 N–H and O–H groups in total. The standard InChI is InChI=1S/CH2BCl3/c2-1(3,4)5/h2H2. The van der Waals surface area contributed by atoms with E-state index >= 15 is 0 Å². The van der Waals surface area contributed by atoms with Gasteiger partial charge in [0.15, 0.2) is 11.5 Å². The van der Waals surface area contributed by atoms with E-state index < -0.39 is 3.69 Å². The maximum Gasteiger partial charge on any atom is 0.168 e. The lowest BCUT2D eigenvalue weighted by Crippen LogP contribution is -1.96. The van der Waals surface area contributed by atoms with Gasteiger partial charge in [-0.2, -0.15) is 0 Å². The Morgan fingerprint density at radius 3 is 1.20 bits per heavy atom. The van der Waals surface area contributed by atoms with Crippen molar-refractivity contribution in [2.45, 2.75) is 3.69 Å². The fraction of sp³-hybridized carbons (Fsp3) is 1.00. The van der Waals surface area contributed by atoms with Crippen molar-refractivity contribution < 1.29 is 0 Å². The van der Waals surface area contributed by atoms with Gasteiger partial charge < -0.3 is 0 Å². The fourth-order valence-corrected chi connectivity index (χ4v) is 0. The van der Waals surface area contributed by atoms with Gasteiger partial charge in [0.1, 0.15) is 0 Å². The van der Waals surface area contributed by atoms with Gasteiger partial charge in [0.25, 0.3) is 0 Å². The van der Waals surface area contributed by atoms with E-state index in [9.17, 15) is 0 Å². The summed E-state index contributed by atoms with van der Waals surface area (Å²) >= 11 is 15.2. The van der Waals surface area contributed by atoms with Crippen LogP contribution < -0.4 is 0 Å². The average Bonchev–Trinajstić information content (AvgIpc) is 0.722. The van der Waals surface area contributed by atoms with Gasteiger partial charge in [-0.15, -0.1) is 0 Å². The zero-order chi connectivity index (χ0) is 4.50. The summed E-state index contributed by atoms with van der Waals surface area (Å²) in [5.74, 6) is 0. The molecule has 0 radical (unpaired) electrons. The summed E-state index contributed by atoms with van der Waals surface area (Å²) in [7, 11) is 1.48. The minimum atomic E-state index is -1.08. The van der Waals surface area contributed by atoms with Crippen molar-refractivity contribution in [3.8, 4) is 0 Å². The Labute approximate surface area is 46.8 Å². The molecule has 0 amide bonds. The van der Waals surface area contributed by atoms with E-state index in [0.717, 1.165) is 0 Å². The molecule has 0 saturated heterocycles. The Hall–Kier alpha value is 0.935. The molecule has 0 aliphatic heterocycles. The third kappa shape index (κ3) is 48.6. The van der Waals surface area contributed by atoms with Gasteiger partial charge in [-0.3, -0.25) is 0 Å². The first-order valence-corrected chi connectivity index (χ1v) is 2.20. The molecule has 0 atom stereocenters. The summed E-state index contributed by atoms with van der Waals surface area (Å²) in [6.07, 6.45) is 0. The number of hydrogen-bond acceptors (Lipinski definition) is 0. The molecule has 30 valence electrons. The Bertz CT molecular complexity index is 22.4. The van der Waals surface area contributed by atoms with Crippen molar-refractivity contribution in [3.05, 3.63) is 0 Å². The summed E-state index contributed by atoms with van der Waals surface area (Å²) in [6, 6.07) is 0. The lowest BCUT2D eigenvalue weighted by molar-refractivity contribution is 1.75. The number of hydrogen-bond donors (Lipinski definition) is 0. The van der Waals surface area contributed by atoms with E-state index in [2.05, 4.69) is 0 Å². The lowest BCUT2D eigenvalue weighted by Gasteiger charge is -1.94. The zero-order valence-corrected chi connectivity index (χ0v) is 4.90. The SMILES string of the molecule is BC(Cl)(Cl)Cl. The zero-order valence-electron chi connectivity index (χ0n) is 2.63. The Kier molecular flexibility index (Phi) is 1.89. The summed E-state index contributed by atoms with van der Waals surface area (Å²) in [4.78, 5) is 0. The van der Waals surface area contributed by atoms with Crippen LogP contribution in [0.2, 0.25) is 0 Å². The molecule has 0 aromatic heterocycles. The van der Waals surface area contributed by atoms with E-state index in [-0.39, 0.29) is 0 Å². The van der Waals surface area contributed by atoms with E-state index in [1.165, 1.54) is 7.85 Å². The van der Waals surface area contributed by atoms with Crippen LogP contribution in [-0.4, -0.2) is 11.5 Å². The maximum absolute atomic E-state index is 5.06. The molecular weight excluding hydrogens is 129 g/mol. The molecule has 0 heterocycles. The maximum atomic E-state index is 5.06. The molecule has 0 aliphatic rings. The van der Waals surface area contributed by atoms with Gasteiger partial charge in [0, 0.05) is 0 Å². The second-order valence-electron chi connectivity index (χ2n) is 0.781. The molecule has 0 aliphatic carbocycles. The highest BCUT2D eigenvalue weighted by Gasteiger charge is 2.07. The molecule has 0 bridgehead atoms. The molecule has 5 heavy (non-hydrogen) atoms. The van der Waals surface area contributed by atoms with E-state index in [4.69, 9.17) is 34.8 Å². The van der Waals surface area contributed by atoms with Gasteiger partial charge >= 0.3 is 0 Å². The molecule has 0 unspecified atom stereocenters. The molecule has 0 aromatic carbocycles. The van der Waals surface area contributed by atoms with Crippen LogP contribution in [0.1, 0.15) is 0 Å². The number of halogens is 3. The summed E-state index contributed by atoms with van der Waals surface area (Å²) in [5, 5.41) is 0. The average molecular weight is 131 g/mol. The van der Waals surface area contributed by atoms with Gasteiger partial charge in [-0.25, -0.2) is 0 Å². The molecule has 4 heteroatoms. The number of alkyl halides is 3. The van der Waals surface area contributed by atoms with Crippen LogP contribution >= 0.6 is 34.8 Å². The smallest absolute Gasteiger partial charge is 0.0948 e. The van der Waals surface area contributed by atoms with E-state index in [1.807, 2.05) is 0 Å². The van der Waals surface area contributed by atoms with Crippen molar-refractivity contribution in [3.63, 3.8) is 0 Å². The second-order valence-corrected chi connectivity index (χ2v) is 3.63. The molecule has 0 fully saturated rings. The largest absolute Gasteiger partial charge is 0.168 e. The molecule has 0 spiro atoms. The fourth-order valence-electron chi connectivity index (χ4n) is 0. The number of rotatable bonds is 0. The Morgan fingerprint density at radius 2 is 1.20 bits per heavy atom. The minimum Gasteiger partial charge on any atom is -0.0948 e. The van der Waals surface area contributed by atoms with Crippen molar-refractivity contribution in [1.29, 1.82) is 0 Å². The van der Waals surface area contributed by atoms with Gasteiger partial charge in [-0.1, -0.05) is 34.8 Å². The molecular formula is CH2BCl3. The minimum absolute atomic E-state index is 1.08. The monoisotopic (exact) mass is 130 g/mol. The topological polar surface area (TPSA) is 0 Å². The van der Waals surface area contributed by atoms with E-state index in [1.54, 1.807) is 0 Å². The summed E-state index contributed by atoms with van der Waals surface area (Å²) in [6.45, 7) is 0. The van der Waals surface area contributed by atoms with Crippen LogP contribution in [0.4, 0.5) is 0 Å². The van der Waals surface area contributed by atoms with Gasteiger partial charge in [0.05, 0.1) is 0 Å². The first-order valence-electron chi connectivity index (χ1n) is 1.07. The van der Waals surface area contributed by atoms with Crippen LogP contribution in [-0.2, 0) is 0 Å². The first kappa shape index (κ1) is 5.93. The van der Waals surface area contributed by atoms with Crippen LogP contribution in [0.25, 0.3) is 0 Å². The van der Waals surface area contributed by atoms with Crippen molar-refractivity contribution in [2.75, 3.05) is 0 Å². The van der Waals surface area contributed by atoms with Crippen LogP contribution in [0.3, 0.4) is 0 Å². The van der Waals surface area contributed by atoms with Gasteiger partial charge in [-0.05, 0) is 0 Å². The van der Waals surface area contributed by atoms with Crippen molar-refractivity contribution in [2.24, 2.45) is 0 Å². The summed E-state index contributed by atoms with van der Waals surface area (Å²) < 4.78 is -1.08. The third-order valence-electron chi connectivity index (χ3n) is 0. The molecule has 0 nitrogen and oxygen atoms in total. The van der Waals surface area contributed by atoms with E-state index in [0.29, 0.717) is 0 Å². The highest BCUT2D eigenvalue weighted by atomic mass is 35.6. The quantitative estimate of drug-likeness (QED) is 0.339. The lowest BCUT2D eigenvalue weighted by atomic mass is 10.2. The Balaban J connectivity index is 3.02. The van der Waals surface area contributed by atoms with Crippen LogP contribution in [0, 0.1) is 0 Å². The first-order chi connectivity index (χ1) is 2.00. The predicted molar refractivity (Wildman–Crippen MR) is 28.8 cm³/mol. The molecule has 0 aromatic rings.